The highest BCUT2D eigenvalue weighted by Crippen LogP contribution is 2.20. The van der Waals surface area contributed by atoms with E-state index in [1.165, 1.54) is 31.2 Å². The van der Waals surface area contributed by atoms with Crippen LogP contribution in [0.1, 0.15) is 49.8 Å². The normalized spacial score (nSPS) is 10.4. The molecule has 0 unspecified atom stereocenters. The molecule has 1 rings (SSSR count). The molecule has 0 heterocycles. The number of allylic oxidation sites excluding steroid dienone is 1. The van der Waals surface area contributed by atoms with Crippen molar-refractivity contribution < 1.29 is 0 Å². The summed E-state index contributed by atoms with van der Waals surface area (Å²) in [6.45, 7) is 8.33. The molecule has 1 aromatic carbocycles. The Morgan fingerprint density at radius 3 is 2.19 bits per heavy atom. The summed E-state index contributed by atoms with van der Waals surface area (Å²) in [5.74, 6) is 0. The van der Waals surface area contributed by atoms with Crippen LogP contribution in [0, 0.1) is 0 Å². The van der Waals surface area contributed by atoms with Gasteiger partial charge >= 0.3 is 0 Å². The summed E-state index contributed by atoms with van der Waals surface area (Å²) >= 11 is 0. The summed E-state index contributed by atoms with van der Waals surface area (Å²) in [6.07, 6.45) is 9.17. The molecule has 0 aliphatic rings. The maximum absolute atomic E-state index is 3.81. The summed E-state index contributed by atoms with van der Waals surface area (Å²) in [6, 6.07) is 6.79. The predicted molar refractivity (Wildman–Crippen MR) is 73.0 cm³/mol. The number of aryl methyl sites for hydroxylation is 2. The molecule has 0 nitrogen and oxygen atoms in total. The van der Waals surface area contributed by atoms with Crippen LogP contribution in [-0.4, -0.2) is 0 Å². The molecular weight excluding hydrogens is 192 g/mol. The molecule has 0 fully saturated rings. The first-order valence-corrected chi connectivity index (χ1v) is 6.54. The second-order valence-electron chi connectivity index (χ2n) is 4.38. The van der Waals surface area contributed by atoms with E-state index in [9.17, 15) is 0 Å². The molecule has 0 atom stereocenters. The van der Waals surface area contributed by atoms with Crippen molar-refractivity contribution in [3.63, 3.8) is 0 Å². The van der Waals surface area contributed by atoms with Crippen molar-refractivity contribution >= 4 is 0 Å². The highest BCUT2D eigenvalue weighted by atomic mass is 14.1. The molecule has 0 saturated heterocycles. The molecule has 0 aliphatic heterocycles. The third kappa shape index (κ3) is 3.52. The summed E-state index contributed by atoms with van der Waals surface area (Å²) in [7, 11) is 0. The fraction of sp³-hybridized carbons (Fsp3) is 0.500. The quantitative estimate of drug-likeness (QED) is 0.579. The molecule has 0 aromatic heterocycles. The third-order valence-corrected chi connectivity index (χ3v) is 3.01. The van der Waals surface area contributed by atoms with Gasteiger partial charge < -0.3 is 0 Å². The molecule has 0 aliphatic carbocycles. The Kier molecular flexibility index (Phi) is 5.92. The van der Waals surface area contributed by atoms with Crippen molar-refractivity contribution in [2.45, 2.75) is 52.4 Å². The lowest BCUT2D eigenvalue weighted by molar-refractivity contribution is 0.837. The van der Waals surface area contributed by atoms with Crippen LogP contribution in [0.3, 0.4) is 0 Å². The van der Waals surface area contributed by atoms with E-state index < -0.39 is 0 Å². The minimum Gasteiger partial charge on any atom is -0.103 e. The minimum absolute atomic E-state index is 1.09. The Hall–Kier alpha value is -1.04. The van der Waals surface area contributed by atoms with Gasteiger partial charge in [0, 0.05) is 0 Å². The molecule has 0 saturated carbocycles. The average Bonchev–Trinajstić information content (AvgIpc) is 2.30. The highest BCUT2D eigenvalue weighted by molar-refractivity contribution is 5.36. The van der Waals surface area contributed by atoms with Crippen molar-refractivity contribution in [3.8, 4) is 0 Å². The largest absolute Gasteiger partial charge is 0.103 e. The molecule has 0 heteroatoms. The van der Waals surface area contributed by atoms with Gasteiger partial charge in [-0.1, -0.05) is 51.0 Å². The van der Waals surface area contributed by atoms with Crippen molar-refractivity contribution in [2.75, 3.05) is 0 Å². The molecule has 16 heavy (non-hydrogen) atoms. The maximum Gasteiger partial charge on any atom is -0.0241 e. The predicted octanol–water partition coefficient (Wildman–Crippen LogP) is 4.71. The van der Waals surface area contributed by atoms with Gasteiger partial charge in [0.15, 0.2) is 0 Å². The highest BCUT2D eigenvalue weighted by Gasteiger charge is 2.06. The number of benzene rings is 1. The number of rotatable bonds is 7. The Balaban J connectivity index is 2.94. The summed E-state index contributed by atoms with van der Waals surface area (Å²) in [4.78, 5) is 0. The first kappa shape index (κ1) is 13.0. The van der Waals surface area contributed by atoms with E-state index in [2.05, 4.69) is 38.6 Å². The van der Waals surface area contributed by atoms with Crippen molar-refractivity contribution in [2.24, 2.45) is 0 Å². The van der Waals surface area contributed by atoms with Crippen LogP contribution in [0.2, 0.25) is 0 Å². The molecule has 0 amide bonds. The van der Waals surface area contributed by atoms with Crippen LogP contribution in [0.15, 0.2) is 30.9 Å². The second-order valence-corrected chi connectivity index (χ2v) is 4.38. The van der Waals surface area contributed by atoms with Gasteiger partial charge in [0.05, 0.1) is 0 Å². The van der Waals surface area contributed by atoms with Crippen LogP contribution >= 0.6 is 0 Å². The SMILES string of the molecule is C=CCCc1cccc(CCC)c1CCC. The standard InChI is InChI=1S/C16H24/c1-4-7-11-15-13-8-12-14(9-5-2)16(15)10-6-3/h4,8,12-13H,1,5-7,9-11H2,2-3H3. The molecule has 0 spiro atoms. The van der Waals surface area contributed by atoms with Crippen LogP contribution in [0.4, 0.5) is 0 Å². The average molecular weight is 216 g/mol. The summed E-state index contributed by atoms with van der Waals surface area (Å²) in [5, 5.41) is 0. The van der Waals surface area contributed by atoms with Gasteiger partial charge in [-0.2, -0.15) is 0 Å². The van der Waals surface area contributed by atoms with Crippen LogP contribution in [0.25, 0.3) is 0 Å². The van der Waals surface area contributed by atoms with Gasteiger partial charge in [-0.15, -0.1) is 6.58 Å². The van der Waals surface area contributed by atoms with E-state index in [0.717, 1.165) is 12.8 Å². The Bertz CT molecular complexity index is 323. The lowest BCUT2D eigenvalue weighted by Crippen LogP contribution is -2.00. The van der Waals surface area contributed by atoms with Gasteiger partial charge in [-0.25, -0.2) is 0 Å². The summed E-state index contributed by atoms with van der Waals surface area (Å²) in [5.41, 5.74) is 4.70. The van der Waals surface area contributed by atoms with Gasteiger partial charge in [0.2, 0.25) is 0 Å². The Labute approximate surface area is 100 Å². The lowest BCUT2D eigenvalue weighted by Gasteiger charge is -2.13. The minimum atomic E-state index is 1.09. The zero-order chi connectivity index (χ0) is 11.8. The molecule has 0 bridgehead atoms. The smallest absolute Gasteiger partial charge is 0.0241 e. The monoisotopic (exact) mass is 216 g/mol. The fourth-order valence-electron chi connectivity index (χ4n) is 2.25. The van der Waals surface area contributed by atoms with E-state index in [1.54, 1.807) is 11.1 Å². The van der Waals surface area contributed by atoms with E-state index in [1.807, 2.05) is 6.08 Å². The lowest BCUT2D eigenvalue weighted by atomic mass is 9.92. The summed E-state index contributed by atoms with van der Waals surface area (Å²) < 4.78 is 0. The van der Waals surface area contributed by atoms with Gasteiger partial charge in [0.25, 0.3) is 0 Å². The van der Waals surface area contributed by atoms with Crippen LogP contribution in [0.5, 0.6) is 0 Å². The third-order valence-electron chi connectivity index (χ3n) is 3.01. The molecular formula is C16H24. The maximum atomic E-state index is 3.81. The van der Waals surface area contributed by atoms with Crippen molar-refractivity contribution in [3.05, 3.63) is 47.5 Å². The fourth-order valence-corrected chi connectivity index (χ4v) is 2.25. The number of hydrogen-bond donors (Lipinski definition) is 0. The molecule has 0 N–H and O–H groups in total. The molecule has 88 valence electrons. The first-order valence-electron chi connectivity index (χ1n) is 6.54. The van der Waals surface area contributed by atoms with Crippen LogP contribution < -0.4 is 0 Å². The molecule has 1 aromatic rings. The zero-order valence-corrected chi connectivity index (χ0v) is 10.8. The van der Waals surface area contributed by atoms with Crippen molar-refractivity contribution in [1.82, 2.24) is 0 Å². The van der Waals surface area contributed by atoms with Gasteiger partial charge in [-0.3, -0.25) is 0 Å². The van der Waals surface area contributed by atoms with Gasteiger partial charge in [0.1, 0.15) is 0 Å². The van der Waals surface area contributed by atoms with E-state index in [0.29, 0.717) is 0 Å². The van der Waals surface area contributed by atoms with Crippen LogP contribution in [-0.2, 0) is 19.3 Å². The Morgan fingerprint density at radius 1 is 1.00 bits per heavy atom. The first-order chi connectivity index (χ1) is 7.83. The van der Waals surface area contributed by atoms with E-state index in [4.69, 9.17) is 0 Å². The molecule has 0 radical (unpaired) electrons. The van der Waals surface area contributed by atoms with Crippen molar-refractivity contribution in [1.29, 1.82) is 0 Å². The van der Waals surface area contributed by atoms with E-state index in [-0.39, 0.29) is 0 Å². The zero-order valence-electron chi connectivity index (χ0n) is 10.8. The Morgan fingerprint density at radius 2 is 1.62 bits per heavy atom. The van der Waals surface area contributed by atoms with E-state index >= 15 is 0 Å². The topological polar surface area (TPSA) is 0 Å². The van der Waals surface area contributed by atoms with Gasteiger partial charge in [-0.05, 0) is 42.4 Å². The number of hydrogen-bond acceptors (Lipinski definition) is 0. The second kappa shape index (κ2) is 7.27.